The van der Waals surface area contributed by atoms with Gasteiger partial charge in [0.1, 0.15) is 10.1 Å². The van der Waals surface area contributed by atoms with E-state index in [-0.39, 0.29) is 17.6 Å². The SMILES string of the molecule is COc1ccc(/C=C2\SC(=S)N(CCCCCC(=O)Nc3ccc(F)cc3)C2=O)cc1OC. The van der Waals surface area contributed by atoms with E-state index in [1.807, 2.05) is 12.1 Å². The Balaban J connectivity index is 1.46. The number of halogens is 1. The molecular weight excluding hydrogens is 463 g/mol. The van der Waals surface area contributed by atoms with Gasteiger partial charge in [-0.2, -0.15) is 0 Å². The molecular formula is C24H25FN2O4S2. The summed E-state index contributed by atoms with van der Waals surface area (Å²) in [5.74, 6) is 0.625. The van der Waals surface area contributed by atoms with Gasteiger partial charge in [-0.15, -0.1) is 0 Å². The fourth-order valence-electron chi connectivity index (χ4n) is 3.28. The fourth-order valence-corrected chi connectivity index (χ4v) is 4.58. The maximum absolute atomic E-state index is 12.9. The third-order valence-electron chi connectivity index (χ3n) is 4.99. The van der Waals surface area contributed by atoms with Crippen molar-refractivity contribution in [3.8, 4) is 11.5 Å². The average Bonchev–Trinajstić information content (AvgIpc) is 3.07. The molecule has 3 rings (SSSR count). The Labute approximate surface area is 202 Å². The lowest BCUT2D eigenvalue weighted by Crippen LogP contribution is -2.29. The highest BCUT2D eigenvalue weighted by molar-refractivity contribution is 8.26. The minimum absolute atomic E-state index is 0.117. The van der Waals surface area contributed by atoms with Crippen LogP contribution in [0.2, 0.25) is 0 Å². The molecule has 0 radical (unpaired) electrons. The monoisotopic (exact) mass is 488 g/mol. The van der Waals surface area contributed by atoms with E-state index < -0.39 is 0 Å². The molecule has 2 amide bonds. The van der Waals surface area contributed by atoms with E-state index in [9.17, 15) is 14.0 Å². The van der Waals surface area contributed by atoms with Gasteiger partial charge in [0.15, 0.2) is 11.5 Å². The molecule has 0 aliphatic carbocycles. The number of methoxy groups -OCH3 is 2. The Bertz CT molecular complexity index is 1060. The van der Waals surface area contributed by atoms with Crippen LogP contribution in [0.4, 0.5) is 10.1 Å². The van der Waals surface area contributed by atoms with Gasteiger partial charge in [-0.1, -0.05) is 36.5 Å². The average molecular weight is 489 g/mol. The highest BCUT2D eigenvalue weighted by Crippen LogP contribution is 2.34. The standard InChI is InChI=1S/C24H25FN2O4S2/c1-30-19-12-7-16(14-20(19)31-2)15-21-23(29)27(24(32)33-21)13-5-3-4-6-22(28)26-18-10-8-17(25)9-11-18/h7-12,14-15H,3-6,13H2,1-2H3,(H,26,28)/b21-15-. The van der Waals surface area contributed by atoms with Crippen molar-refractivity contribution < 1.29 is 23.5 Å². The molecule has 0 saturated carbocycles. The summed E-state index contributed by atoms with van der Waals surface area (Å²) in [6.45, 7) is 0.507. The van der Waals surface area contributed by atoms with Crippen molar-refractivity contribution in [2.24, 2.45) is 0 Å². The van der Waals surface area contributed by atoms with Crippen molar-refractivity contribution in [3.63, 3.8) is 0 Å². The lowest BCUT2D eigenvalue weighted by molar-refractivity contribution is -0.122. The molecule has 0 bridgehead atoms. The summed E-state index contributed by atoms with van der Waals surface area (Å²) in [4.78, 5) is 27.0. The molecule has 174 valence electrons. The molecule has 1 N–H and O–H groups in total. The molecule has 0 aromatic heterocycles. The first kappa shape index (κ1) is 24.7. The van der Waals surface area contributed by atoms with Gasteiger partial charge in [0, 0.05) is 18.7 Å². The number of nitrogens with zero attached hydrogens (tertiary/aromatic N) is 1. The summed E-state index contributed by atoms with van der Waals surface area (Å²) < 4.78 is 24.0. The van der Waals surface area contributed by atoms with Gasteiger partial charge in [0.25, 0.3) is 5.91 Å². The maximum atomic E-state index is 12.9. The number of benzene rings is 2. The van der Waals surface area contributed by atoms with Gasteiger partial charge in [-0.3, -0.25) is 14.5 Å². The summed E-state index contributed by atoms with van der Waals surface area (Å²) in [5, 5.41) is 2.74. The topological polar surface area (TPSA) is 67.9 Å². The number of carbonyl (C=O) groups is 2. The Morgan fingerprint density at radius 2 is 1.82 bits per heavy atom. The molecule has 0 atom stereocenters. The Kier molecular flexibility index (Phi) is 8.85. The van der Waals surface area contributed by atoms with Crippen LogP contribution >= 0.6 is 24.0 Å². The number of amides is 2. The highest BCUT2D eigenvalue weighted by Gasteiger charge is 2.31. The second-order valence-corrected chi connectivity index (χ2v) is 8.99. The zero-order chi connectivity index (χ0) is 23.8. The number of thiocarbonyl (C=S) groups is 1. The highest BCUT2D eigenvalue weighted by atomic mass is 32.2. The summed E-state index contributed by atoms with van der Waals surface area (Å²) in [7, 11) is 3.13. The van der Waals surface area contributed by atoms with Gasteiger partial charge >= 0.3 is 0 Å². The maximum Gasteiger partial charge on any atom is 0.266 e. The zero-order valence-corrected chi connectivity index (χ0v) is 20.1. The van der Waals surface area contributed by atoms with Crippen LogP contribution in [-0.2, 0) is 9.59 Å². The first-order valence-corrected chi connectivity index (χ1v) is 11.7. The van der Waals surface area contributed by atoms with E-state index >= 15 is 0 Å². The molecule has 2 aromatic rings. The Hall–Kier alpha value is -2.91. The lowest BCUT2D eigenvalue weighted by Gasteiger charge is -2.14. The number of rotatable bonds is 10. The van der Waals surface area contributed by atoms with Crippen LogP contribution < -0.4 is 14.8 Å². The van der Waals surface area contributed by atoms with Crippen LogP contribution in [0.15, 0.2) is 47.4 Å². The van der Waals surface area contributed by atoms with E-state index in [2.05, 4.69) is 5.32 Å². The predicted molar refractivity (Wildman–Crippen MR) is 133 cm³/mol. The third-order valence-corrected chi connectivity index (χ3v) is 6.37. The van der Waals surface area contributed by atoms with Crippen molar-refractivity contribution in [2.45, 2.75) is 25.7 Å². The quantitative estimate of drug-likeness (QED) is 0.280. The Morgan fingerprint density at radius 3 is 2.52 bits per heavy atom. The van der Waals surface area contributed by atoms with Gasteiger partial charge in [0.05, 0.1) is 19.1 Å². The first-order valence-electron chi connectivity index (χ1n) is 10.4. The predicted octanol–water partition coefficient (Wildman–Crippen LogP) is 5.24. The van der Waals surface area contributed by atoms with Crippen LogP contribution in [0.5, 0.6) is 11.5 Å². The van der Waals surface area contributed by atoms with Crippen LogP contribution in [0.3, 0.4) is 0 Å². The molecule has 1 aliphatic heterocycles. The molecule has 0 spiro atoms. The van der Waals surface area contributed by atoms with Gasteiger partial charge in [0.2, 0.25) is 5.91 Å². The fraction of sp³-hybridized carbons (Fsp3) is 0.292. The summed E-state index contributed by atoms with van der Waals surface area (Å²) in [6, 6.07) is 11.1. The molecule has 1 aliphatic rings. The number of ether oxygens (including phenoxy) is 2. The molecule has 0 unspecified atom stereocenters. The Morgan fingerprint density at radius 1 is 1.09 bits per heavy atom. The summed E-state index contributed by atoms with van der Waals surface area (Å²) >= 11 is 6.67. The normalized spacial score (nSPS) is 14.6. The molecule has 6 nitrogen and oxygen atoms in total. The molecule has 1 fully saturated rings. The second-order valence-electron chi connectivity index (χ2n) is 7.31. The zero-order valence-electron chi connectivity index (χ0n) is 18.4. The van der Waals surface area contributed by atoms with E-state index in [0.29, 0.717) is 45.8 Å². The van der Waals surface area contributed by atoms with E-state index in [4.69, 9.17) is 21.7 Å². The van der Waals surface area contributed by atoms with E-state index in [1.165, 1.54) is 36.0 Å². The third kappa shape index (κ3) is 6.79. The van der Waals surface area contributed by atoms with Crippen molar-refractivity contribution in [1.82, 2.24) is 4.90 Å². The molecule has 9 heteroatoms. The van der Waals surface area contributed by atoms with Crippen LogP contribution in [0.25, 0.3) is 6.08 Å². The largest absolute Gasteiger partial charge is 0.493 e. The second kappa shape index (κ2) is 11.8. The van der Waals surface area contributed by atoms with Gasteiger partial charge in [-0.05, 0) is 60.9 Å². The van der Waals surface area contributed by atoms with Gasteiger partial charge < -0.3 is 14.8 Å². The van der Waals surface area contributed by atoms with Crippen LogP contribution in [-0.4, -0.2) is 41.8 Å². The van der Waals surface area contributed by atoms with Crippen molar-refractivity contribution in [2.75, 3.05) is 26.1 Å². The molecule has 1 heterocycles. The van der Waals surface area contributed by atoms with Crippen molar-refractivity contribution in [1.29, 1.82) is 0 Å². The van der Waals surface area contributed by atoms with Crippen molar-refractivity contribution >= 4 is 51.9 Å². The molecule has 33 heavy (non-hydrogen) atoms. The number of nitrogens with one attached hydrogen (secondary N) is 1. The number of unbranched alkanes of at least 4 members (excludes halogenated alkanes) is 2. The number of anilines is 1. The van der Waals surface area contributed by atoms with Crippen molar-refractivity contribution in [3.05, 3.63) is 58.8 Å². The van der Waals surface area contributed by atoms with E-state index in [1.54, 1.807) is 31.3 Å². The minimum Gasteiger partial charge on any atom is -0.493 e. The smallest absolute Gasteiger partial charge is 0.266 e. The van der Waals surface area contributed by atoms with E-state index in [0.717, 1.165) is 18.4 Å². The first-order chi connectivity index (χ1) is 15.9. The summed E-state index contributed by atoms with van der Waals surface area (Å²) in [6.07, 6.45) is 4.35. The van der Waals surface area contributed by atoms with Gasteiger partial charge in [-0.25, -0.2) is 4.39 Å². The molecule has 2 aromatic carbocycles. The van der Waals surface area contributed by atoms with Crippen LogP contribution in [0, 0.1) is 5.82 Å². The molecule has 1 saturated heterocycles. The number of hydrogen-bond donors (Lipinski definition) is 1. The summed E-state index contributed by atoms with van der Waals surface area (Å²) in [5.41, 5.74) is 1.39. The lowest BCUT2D eigenvalue weighted by atomic mass is 10.1. The minimum atomic E-state index is -0.345. The van der Waals surface area contributed by atoms with Crippen LogP contribution in [0.1, 0.15) is 31.2 Å². The number of carbonyl (C=O) groups excluding carboxylic acids is 2. The number of hydrogen-bond acceptors (Lipinski definition) is 6. The number of thioether (sulfide) groups is 1.